The van der Waals surface area contributed by atoms with Gasteiger partial charge in [-0.15, -0.1) is 11.8 Å². The SMILES string of the molecule is Cc1ccc(NC(=O)/C=C/SCc2ccco2)cc1S(=O)(=O)N1CCCCC1. The summed E-state index contributed by atoms with van der Waals surface area (Å²) in [7, 11) is -3.55. The van der Waals surface area contributed by atoms with Crippen LogP contribution in [-0.2, 0) is 20.6 Å². The monoisotopic (exact) mass is 420 g/mol. The number of carbonyl (C=O) groups excluding carboxylic acids is 1. The van der Waals surface area contributed by atoms with Crippen molar-refractivity contribution in [3.8, 4) is 0 Å². The predicted octanol–water partition coefficient (Wildman–Crippen LogP) is 4.15. The zero-order valence-electron chi connectivity index (χ0n) is 15.8. The highest BCUT2D eigenvalue weighted by atomic mass is 32.2. The number of aryl methyl sites for hydroxylation is 1. The van der Waals surface area contributed by atoms with E-state index in [1.165, 1.54) is 22.1 Å². The van der Waals surface area contributed by atoms with Crippen molar-refractivity contribution in [1.82, 2.24) is 4.31 Å². The Labute approximate surface area is 170 Å². The normalized spacial score (nSPS) is 15.8. The molecule has 1 aliphatic rings. The smallest absolute Gasteiger partial charge is 0.248 e. The lowest BCUT2D eigenvalue weighted by atomic mass is 10.2. The number of anilines is 1. The van der Waals surface area contributed by atoms with E-state index in [1.807, 2.05) is 12.1 Å². The number of nitrogens with zero attached hydrogens (tertiary/aromatic N) is 1. The molecule has 1 saturated heterocycles. The third-order valence-corrected chi connectivity index (χ3v) is 7.33. The molecule has 1 fully saturated rings. The summed E-state index contributed by atoms with van der Waals surface area (Å²) in [4.78, 5) is 12.4. The van der Waals surface area contributed by atoms with Crippen LogP contribution >= 0.6 is 11.8 Å². The molecule has 0 unspecified atom stereocenters. The molecule has 0 atom stereocenters. The van der Waals surface area contributed by atoms with Crippen LogP contribution < -0.4 is 5.32 Å². The molecule has 2 heterocycles. The number of amides is 1. The number of hydrogen-bond acceptors (Lipinski definition) is 5. The Morgan fingerprint density at radius 2 is 2.04 bits per heavy atom. The van der Waals surface area contributed by atoms with E-state index >= 15 is 0 Å². The lowest BCUT2D eigenvalue weighted by Gasteiger charge is -2.26. The second-order valence-corrected chi connectivity index (χ2v) is 9.43. The molecule has 2 aromatic rings. The third-order valence-electron chi connectivity index (χ3n) is 4.51. The van der Waals surface area contributed by atoms with Gasteiger partial charge in [-0.05, 0) is 55.0 Å². The maximum Gasteiger partial charge on any atom is 0.248 e. The molecule has 0 spiro atoms. The van der Waals surface area contributed by atoms with E-state index < -0.39 is 10.0 Å². The molecule has 28 heavy (non-hydrogen) atoms. The highest BCUT2D eigenvalue weighted by Crippen LogP contribution is 2.26. The standard InChI is InChI=1S/C20H24N2O4S2/c1-16-7-8-17(14-19(16)28(24,25)22-10-3-2-4-11-22)21-20(23)9-13-27-15-18-6-5-12-26-18/h5-9,12-14H,2-4,10-11,15H2,1H3,(H,21,23)/b13-9+. The Morgan fingerprint density at radius 3 is 2.75 bits per heavy atom. The Kier molecular flexibility index (Phi) is 6.98. The van der Waals surface area contributed by atoms with Crippen molar-refractivity contribution < 1.29 is 17.6 Å². The van der Waals surface area contributed by atoms with E-state index in [9.17, 15) is 13.2 Å². The first-order chi connectivity index (χ1) is 13.5. The minimum Gasteiger partial charge on any atom is -0.468 e. The van der Waals surface area contributed by atoms with Crippen molar-refractivity contribution in [2.24, 2.45) is 0 Å². The second kappa shape index (κ2) is 9.45. The van der Waals surface area contributed by atoms with Crippen LogP contribution in [0.1, 0.15) is 30.6 Å². The third kappa shape index (κ3) is 5.27. The quantitative estimate of drug-likeness (QED) is 0.681. The summed E-state index contributed by atoms with van der Waals surface area (Å²) in [5.41, 5.74) is 1.14. The van der Waals surface area contributed by atoms with Crippen LogP contribution in [0, 0.1) is 6.92 Å². The van der Waals surface area contributed by atoms with Gasteiger partial charge in [0.2, 0.25) is 15.9 Å². The number of furan rings is 1. The lowest BCUT2D eigenvalue weighted by Crippen LogP contribution is -2.36. The summed E-state index contributed by atoms with van der Waals surface area (Å²) < 4.78 is 32.7. The van der Waals surface area contributed by atoms with Gasteiger partial charge in [0.25, 0.3) is 0 Å². The van der Waals surface area contributed by atoms with E-state index in [1.54, 1.807) is 36.8 Å². The minimum atomic E-state index is -3.55. The van der Waals surface area contributed by atoms with Gasteiger partial charge in [0.15, 0.2) is 0 Å². The second-order valence-electron chi connectivity index (χ2n) is 6.63. The van der Waals surface area contributed by atoms with Crippen LogP contribution in [0.2, 0.25) is 0 Å². The molecule has 1 N–H and O–H groups in total. The van der Waals surface area contributed by atoms with Crippen molar-refractivity contribution in [1.29, 1.82) is 0 Å². The van der Waals surface area contributed by atoms with Crippen LogP contribution in [0.3, 0.4) is 0 Å². The average molecular weight is 421 g/mol. The van der Waals surface area contributed by atoms with Gasteiger partial charge in [-0.2, -0.15) is 4.31 Å². The topological polar surface area (TPSA) is 79.6 Å². The molecule has 1 aromatic heterocycles. The summed E-state index contributed by atoms with van der Waals surface area (Å²) in [5, 5.41) is 4.42. The van der Waals surface area contributed by atoms with Gasteiger partial charge < -0.3 is 9.73 Å². The molecule has 1 amide bonds. The molecule has 1 aromatic carbocycles. The Morgan fingerprint density at radius 1 is 1.25 bits per heavy atom. The van der Waals surface area contributed by atoms with Crippen molar-refractivity contribution in [2.75, 3.05) is 18.4 Å². The molecule has 0 saturated carbocycles. The fourth-order valence-corrected chi connectivity index (χ4v) is 5.43. The van der Waals surface area contributed by atoms with E-state index in [4.69, 9.17) is 4.42 Å². The maximum atomic E-state index is 13.0. The first-order valence-corrected chi connectivity index (χ1v) is 11.7. The zero-order valence-corrected chi connectivity index (χ0v) is 17.4. The Balaban J connectivity index is 1.64. The number of carbonyl (C=O) groups is 1. The van der Waals surface area contributed by atoms with Crippen LogP contribution in [0.4, 0.5) is 5.69 Å². The molecule has 8 heteroatoms. The van der Waals surface area contributed by atoms with E-state index in [2.05, 4.69) is 5.32 Å². The van der Waals surface area contributed by atoms with Gasteiger partial charge in [-0.25, -0.2) is 8.42 Å². The predicted molar refractivity (Wildman–Crippen MR) is 112 cm³/mol. The summed E-state index contributed by atoms with van der Waals surface area (Å²) in [5.74, 6) is 1.16. The molecule has 6 nitrogen and oxygen atoms in total. The molecule has 0 bridgehead atoms. The maximum absolute atomic E-state index is 13.0. The van der Waals surface area contributed by atoms with Gasteiger partial charge in [-0.3, -0.25) is 4.79 Å². The van der Waals surface area contributed by atoms with Gasteiger partial charge in [0.05, 0.1) is 16.9 Å². The number of hydrogen-bond donors (Lipinski definition) is 1. The van der Waals surface area contributed by atoms with Crippen LogP contribution in [0.25, 0.3) is 0 Å². The summed E-state index contributed by atoms with van der Waals surface area (Å²) in [6, 6.07) is 8.67. The van der Waals surface area contributed by atoms with E-state index in [0.29, 0.717) is 30.1 Å². The highest BCUT2D eigenvalue weighted by molar-refractivity contribution is 8.01. The Bertz CT molecular complexity index is 931. The molecule has 0 aliphatic carbocycles. The first-order valence-electron chi connectivity index (χ1n) is 9.19. The minimum absolute atomic E-state index is 0.253. The molecular weight excluding hydrogens is 396 g/mol. The lowest BCUT2D eigenvalue weighted by molar-refractivity contribution is -0.111. The summed E-state index contributed by atoms with van der Waals surface area (Å²) >= 11 is 1.44. The number of piperidine rings is 1. The van der Waals surface area contributed by atoms with Crippen molar-refractivity contribution in [3.05, 3.63) is 59.4 Å². The number of benzene rings is 1. The van der Waals surface area contributed by atoms with Gasteiger partial charge in [0.1, 0.15) is 5.76 Å². The van der Waals surface area contributed by atoms with Gasteiger partial charge in [0, 0.05) is 24.9 Å². The highest BCUT2D eigenvalue weighted by Gasteiger charge is 2.27. The van der Waals surface area contributed by atoms with Gasteiger partial charge in [-0.1, -0.05) is 12.5 Å². The number of nitrogens with one attached hydrogen (secondary N) is 1. The largest absolute Gasteiger partial charge is 0.468 e. The molecule has 0 radical (unpaired) electrons. The fraction of sp³-hybridized carbons (Fsp3) is 0.350. The molecule has 150 valence electrons. The van der Waals surface area contributed by atoms with Crippen molar-refractivity contribution in [3.63, 3.8) is 0 Å². The Hall–Kier alpha value is -2.03. The number of rotatable bonds is 7. The average Bonchev–Trinajstić information content (AvgIpc) is 3.21. The van der Waals surface area contributed by atoms with Crippen molar-refractivity contribution in [2.45, 2.75) is 36.8 Å². The molecular formula is C20H24N2O4S2. The number of thioether (sulfide) groups is 1. The molecule has 1 aliphatic heterocycles. The van der Waals surface area contributed by atoms with Crippen LogP contribution in [0.5, 0.6) is 0 Å². The molecule has 3 rings (SSSR count). The van der Waals surface area contributed by atoms with Crippen molar-refractivity contribution >= 4 is 33.4 Å². The first kappa shape index (κ1) is 20.7. The van der Waals surface area contributed by atoms with Crippen LogP contribution in [-0.4, -0.2) is 31.7 Å². The van der Waals surface area contributed by atoms with Gasteiger partial charge >= 0.3 is 0 Å². The van der Waals surface area contributed by atoms with Crippen LogP contribution in [0.15, 0.2) is 57.4 Å². The van der Waals surface area contributed by atoms with E-state index in [-0.39, 0.29) is 10.8 Å². The fourth-order valence-electron chi connectivity index (χ4n) is 3.02. The zero-order chi connectivity index (χ0) is 20.0. The summed E-state index contributed by atoms with van der Waals surface area (Å²) in [6.45, 7) is 2.87. The van der Waals surface area contributed by atoms with E-state index in [0.717, 1.165) is 25.0 Å². The number of sulfonamides is 1. The summed E-state index contributed by atoms with van der Waals surface area (Å²) in [6.07, 6.45) is 5.86.